The van der Waals surface area contributed by atoms with Crippen LogP contribution in [0, 0.1) is 0 Å². The molecule has 0 radical (unpaired) electrons. The van der Waals surface area contributed by atoms with Gasteiger partial charge in [0.25, 0.3) is 0 Å². The molecule has 3 rings (SSSR count). The normalized spacial score (nSPS) is 12.8. The predicted octanol–water partition coefficient (Wildman–Crippen LogP) is 4.61. The molecule has 1 atom stereocenters. The van der Waals surface area contributed by atoms with Crippen LogP contribution >= 0.6 is 0 Å². The van der Waals surface area contributed by atoms with Crippen LogP contribution in [0.1, 0.15) is 17.2 Å². The van der Waals surface area contributed by atoms with E-state index in [9.17, 15) is 0 Å². The van der Waals surface area contributed by atoms with Gasteiger partial charge in [0.05, 0.1) is 6.04 Å². The Kier molecular flexibility index (Phi) is 5.09. The average Bonchev–Trinajstić information content (AvgIpc) is 2.67. The fourth-order valence-electron chi connectivity index (χ4n) is 2.77. The first-order valence-electron chi connectivity index (χ1n) is 8.13. The van der Waals surface area contributed by atoms with Crippen LogP contribution in [0.2, 0.25) is 0 Å². The minimum Gasteiger partial charge on any atom is -0.398 e. The van der Waals surface area contributed by atoms with E-state index in [1.165, 1.54) is 16.7 Å². The van der Waals surface area contributed by atoms with E-state index in [0.717, 1.165) is 11.3 Å². The van der Waals surface area contributed by atoms with Crippen molar-refractivity contribution in [3.05, 3.63) is 102 Å². The average molecular weight is 314 g/mol. The Morgan fingerprint density at radius 2 is 1.33 bits per heavy atom. The minimum atomic E-state index is 0.0972. The Morgan fingerprint density at radius 1 is 0.792 bits per heavy atom. The van der Waals surface area contributed by atoms with Gasteiger partial charge in [-0.3, -0.25) is 0 Å². The van der Waals surface area contributed by atoms with Crippen LogP contribution in [-0.2, 0) is 0 Å². The van der Waals surface area contributed by atoms with Gasteiger partial charge in [-0.25, -0.2) is 0 Å². The summed E-state index contributed by atoms with van der Waals surface area (Å²) >= 11 is 0. The fourth-order valence-corrected chi connectivity index (χ4v) is 2.77. The topological polar surface area (TPSA) is 38.0 Å². The first kappa shape index (κ1) is 16.0. The molecule has 0 aliphatic carbocycles. The molecule has 0 aromatic heterocycles. The SMILES string of the molecule is CNC(/C=C(\N)c1ccc(-c2ccccc2)cc1)c1ccccc1. The van der Waals surface area contributed by atoms with Gasteiger partial charge in [-0.05, 0) is 35.4 Å². The Balaban J connectivity index is 1.83. The molecule has 1 unspecified atom stereocenters. The Morgan fingerprint density at radius 3 is 1.92 bits per heavy atom. The van der Waals surface area contributed by atoms with E-state index in [4.69, 9.17) is 5.73 Å². The van der Waals surface area contributed by atoms with Crippen LogP contribution < -0.4 is 11.1 Å². The lowest BCUT2D eigenvalue weighted by Gasteiger charge is -2.14. The van der Waals surface area contributed by atoms with Gasteiger partial charge in [-0.15, -0.1) is 0 Å². The third-order valence-electron chi connectivity index (χ3n) is 4.14. The van der Waals surface area contributed by atoms with Gasteiger partial charge in [0, 0.05) is 5.70 Å². The minimum absolute atomic E-state index is 0.0972. The maximum Gasteiger partial charge on any atom is 0.0526 e. The smallest absolute Gasteiger partial charge is 0.0526 e. The van der Waals surface area contributed by atoms with Crippen molar-refractivity contribution in [2.45, 2.75) is 6.04 Å². The van der Waals surface area contributed by atoms with E-state index in [1.54, 1.807) is 0 Å². The highest BCUT2D eigenvalue weighted by Gasteiger charge is 2.07. The molecule has 2 nitrogen and oxygen atoms in total. The standard InChI is InChI=1S/C22H22N2/c1-24-22(20-10-6-3-7-11-20)16-21(23)19-14-12-18(13-15-19)17-8-4-2-5-9-17/h2-16,22,24H,23H2,1H3/b21-16-. The molecule has 3 N–H and O–H groups in total. The van der Waals surface area contributed by atoms with Gasteiger partial charge in [-0.2, -0.15) is 0 Å². The van der Waals surface area contributed by atoms with Gasteiger partial charge < -0.3 is 11.1 Å². The Bertz CT molecular complexity index is 790. The fraction of sp³-hybridized carbons (Fsp3) is 0.0909. The quantitative estimate of drug-likeness (QED) is 0.721. The number of nitrogens with one attached hydrogen (secondary N) is 1. The summed E-state index contributed by atoms with van der Waals surface area (Å²) in [6.45, 7) is 0. The second kappa shape index (κ2) is 7.62. The highest BCUT2D eigenvalue weighted by Crippen LogP contribution is 2.22. The van der Waals surface area contributed by atoms with Crippen molar-refractivity contribution in [3.63, 3.8) is 0 Å². The summed E-state index contributed by atoms with van der Waals surface area (Å²) in [6, 6.07) is 29.1. The molecule has 3 aromatic rings. The van der Waals surface area contributed by atoms with E-state index >= 15 is 0 Å². The van der Waals surface area contributed by atoms with Gasteiger partial charge in [0.15, 0.2) is 0 Å². The zero-order chi connectivity index (χ0) is 16.8. The van der Waals surface area contributed by atoms with E-state index < -0.39 is 0 Å². The van der Waals surface area contributed by atoms with Crippen LogP contribution in [0.3, 0.4) is 0 Å². The van der Waals surface area contributed by atoms with Crippen molar-refractivity contribution in [1.82, 2.24) is 5.32 Å². The van der Waals surface area contributed by atoms with Crippen LogP contribution in [0.25, 0.3) is 16.8 Å². The van der Waals surface area contributed by atoms with Crippen LogP contribution in [0.15, 0.2) is 91.0 Å². The van der Waals surface area contributed by atoms with Crippen molar-refractivity contribution in [2.24, 2.45) is 5.73 Å². The Labute approximate surface area is 143 Å². The first-order valence-corrected chi connectivity index (χ1v) is 8.13. The summed E-state index contributed by atoms with van der Waals surface area (Å²) in [5, 5.41) is 3.30. The molecular formula is C22H22N2. The summed E-state index contributed by atoms with van der Waals surface area (Å²) in [4.78, 5) is 0. The molecule has 0 saturated heterocycles. The zero-order valence-corrected chi connectivity index (χ0v) is 13.8. The maximum atomic E-state index is 6.32. The number of rotatable bonds is 5. The molecule has 0 fully saturated rings. The van der Waals surface area contributed by atoms with Gasteiger partial charge in [0.1, 0.15) is 0 Å². The number of likely N-dealkylation sites (N-methyl/N-ethyl adjacent to an activating group) is 1. The molecular weight excluding hydrogens is 292 g/mol. The van der Waals surface area contributed by atoms with E-state index in [0.29, 0.717) is 0 Å². The first-order chi connectivity index (χ1) is 11.8. The highest BCUT2D eigenvalue weighted by molar-refractivity contribution is 5.69. The third kappa shape index (κ3) is 3.73. The number of nitrogens with two attached hydrogens (primary N) is 1. The summed E-state index contributed by atoms with van der Waals surface area (Å²) in [6.07, 6.45) is 2.06. The monoisotopic (exact) mass is 314 g/mol. The summed E-state index contributed by atoms with van der Waals surface area (Å²) in [5.41, 5.74) is 11.7. The van der Waals surface area contributed by atoms with Crippen molar-refractivity contribution in [1.29, 1.82) is 0 Å². The maximum absolute atomic E-state index is 6.32. The third-order valence-corrected chi connectivity index (χ3v) is 4.14. The van der Waals surface area contributed by atoms with Crippen LogP contribution in [0.4, 0.5) is 0 Å². The molecule has 0 heterocycles. The second-order valence-electron chi connectivity index (χ2n) is 5.74. The molecule has 0 saturated carbocycles. The van der Waals surface area contributed by atoms with Gasteiger partial charge >= 0.3 is 0 Å². The van der Waals surface area contributed by atoms with Crippen molar-refractivity contribution < 1.29 is 0 Å². The molecule has 0 amide bonds. The van der Waals surface area contributed by atoms with Crippen molar-refractivity contribution >= 4 is 5.70 Å². The largest absolute Gasteiger partial charge is 0.398 e. The molecule has 24 heavy (non-hydrogen) atoms. The van der Waals surface area contributed by atoms with Gasteiger partial charge in [0.2, 0.25) is 0 Å². The van der Waals surface area contributed by atoms with Gasteiger partial charge in [-0.1, -0.05) is 84.9 Å². The lowest BCUT2D eigenvalue weighted by molar-refractivity contribution is 0.715. The summed E-state index contributed by atoms with van der Waals surface area (Å²) in [5.74, 6) is 0. The molecule has 0 spiro atoms. The highest BCUT2D eigenvalue weighted by atomic mass is 14.9. The predicted molar refractivity (Wildman–Crippen MR) is 102 cm³/mol. The molecule has 0 aliphatic rings. The summed E-state index contributed by atoms with van der Waals surface area (Å²) < 4.78 is 0. The van der Waals surface area contributed by atoms with E-state index in [-0.39, 0.29) is 6.04 Å². The van der Waals surface area contributed by atoms with E-state index in [1.807, 2.05) is 31.3 Å². The summed E-state index contributed by atoms with van der Waals surface area (Å²) in [7, 11) is 1.94. The second-order valence-corrected chi connectivity index (χ2v) is 5.74. The van der Waals surface area contributed by atoms with Crippen LogP contribution in [0.5, 0.6) is 0 Å². The molecule has 0 aliphatic heterocycles. The van der Waals surface area contributed by atoms with E-state index in [2.05, 4.69) is 72.1 Å². The Hall–Kier alpha value is -2.84. The zero-order valence-electron chi connectivity index (χ0n) is 13.8. The lowest BCUT2D eigenvalue weighted by atomic mass is 10.0. The van der Waals surface area contributed by atoms with Crippen LogP contribution in [-0.4, -0.2) is 7.05 Å². The molecule has 3 aromatic carbocycles. The van der Waals surface area contributed by atoms with Crippen molar-refractivity contribution in [2.75, 3.05) is 7.05 Å². The molecule has 0 bridgehead atoms. The molecule has 2 heteroatoms. The number of hydrogen-bond acceptors (Lipinski definition) is 2. The molecule has 120 valence electrons. The van der Waals surface area contributed by atoms with Crippen molar-refractivity contribution in [3.8, 4) is 11.1 Å². The lowest BCUT2D eigenvalue weighted by Crippen LogP contribution is -2.15. The number of hydrogen-bond donors (Lipinski definition) is 2. The number of benzene rings is 3.